The van der Waals surface area contributed by atoms with Crippen LogP contribution in [0, 0.1) is 0 Å². The van der Waals surface area contributed by atoms with Crippen LogP contribution in [0.25, 0.3) is 0 Å². The Kier molecular flexibility index (Phi) is 3.49. The summed E-state index contributed by atoms with van der Waals surface area (Å²) in [6.45, 7) is 3.04. The van der Waals surface area contributed by atoms with Crippen LogP contribution in [0.2, 0.25) is 0 Å². The van der Waals surface area contributed by atoms with E-state index < -0.39 is 0 Å². The first-order valence-corrected chi connectivity index (χ1v) is 6.62. The summed E-state index contributed by atoms with van der Waals surface area (Å²) in [6, 6.07) is 0. The van der Waals surface area contributed by atoms with Crippen molar-refractivity contribution in [2.45, 2.75) is 30.3 Å². The van der Waals surface area contributed by atoms with E-state index in [9.17, 15) is 9.59 Å². The fourth-order valence-corrected chi connectivity index (χ4v) is 4.42. The Morgan fingerprint density at radius 3 is 2.50 bits per heavy atom. The topological polar surface area (TPSA) is 43.4 Å². The molecule has 4 heteroatoms. The Labute approximate surface area is 82.1 Å². The average Bonchev–Trinajstić information content (AvgIpc) is 2.34. The molecule has 1 aliphatic rings. The molecule has 12 heavy (non-hydrogen) atoms. The van der Waals surface area contributed by atoms with E-state index in [2.05, 4.69) is 0 Å². The minimum atomic E-state index is -0.229. The van der Waals surface area contributed by atoms with Crippen LogP contribution >= 0.6 is 0 Å². The zero-order valence-electron chi connectivity index (χ0n) is 7.17. The zero-order valence-corrected chi connectivity index (χ0v) is 9.33. The Hall–Kier alpha value is -0.130. The van der Waals surface area contributed by atoms with E-state index in [1.807, 2.05) is 0 Å². The van der Waals surface area contributed by atoms with E-state index >= 15 is 0 Å². The molecule has 0 N–H and O–H groups in total. The van der Waals surface area contributed by atoms with Gasteiger partial charge in [-0.05, 0) is 0 Å². The molecule has 1 aliphatic heterocycles. The van der Waals surface area contributed by atoms with Crippen molar-refractivity contribution in [3.8, 4) is 0 Å². The van der Waals surface area contributed by atoms with Gasteiger partial charge in [0, 0.05) is 0 Å². The number of ketones is 1. The van der Waals surface area contributed by atoms with Crippen molar-refractivity contribution >= 4 is 11.8 Å². The normalized spacial score (nSPS) is 29.2. The SMILES string of the molecule is CC(=O)OC1C[I-]C(C(C)=O)C1. The second-order valence-corrected chi connectivity index (χ2v) is 6.12. The van der Waals surface area contributed by atoms with E-state index in [0.29, 0.717) is 0 Å². The quantitative estimate of drug-likeness (QED) is 0.316. The Balaban J connectivity index is 2.35. The molecular weight excluding hydrogens is 271 g/mol. The van der Waals surface area contributed by atoms with Crippen LogP contribution in [0.5, 0.6) is 0 Å². The molecule has 1 saturated heterocycles. The van der Waals surface area contributed by atoms with Gasteiger partial charge in [-0.3, -0.25) is 0 Å². The summed E-state index contributed by atoms with van der Waals surface area (Å²) < 4.78 is 6.20. The van der Waals surface area contributed by atoms with Gasteiger partial charge in [0.1, 0.15) is 0 Å². The van der Waals surface area contributed by atoms with E-state index in [-0.39, 0.29) is 43.0 Å². The average molecular weight is 283 g/mol. The van der Waals surface area contributed by atoms with Gasteiger partial charge in [-0.25, -0.2) is 0 Å². The number of halogens is 1. The third-order valence-electron chi connectivity index (χ3n) is 1.69. The molecule has 0 aromatic carbocycles. The molecule has 2 unspecified atom stereocenters. The van der Waals surface area contributed by atoms with Gasteiger partial charge < -0.3 is 0 Å². The van der Waals surface area contributed by atoms with Gasteiger partial charge in [0.15, 0.2) is 0 Å². The van der Waals surface area contributed by atoms with E-state index in [1.54, 1.807) is 6.92 Å². The van der Waals surface area contributed by atoms with Gasteiger partial charge in [-0.2, -0.15) is 0 Å². The van der Waals surface area contributed by atoms with E-state index in [1.165, 1.54) is 6.92 Å². The first-order chi connectivity index (χ1) is 5.59. The molecular formula is C8H12IO3-. The fraction of sp³-hybridized carbons (Fsp3) is 0.750. The number of hydrogen-bond acceptors (Lipinski definition) is 3. The van der Waals surface area contributed by atoms with E-state index in [4.69, 9.17) is 4.74 Å². The Bertz CT molecular complexity index is 202. The molecule has 0 radical (unpaired) electrons. The number of carbonyl (C=O) groups excluding carboxylic acids is 2. The van der Waals surface area contributed by atoms with Crippen LogP contribution in [-0.4, -0.2) is 26.2 Å². The molecule has 0 bridgehead atoms. The van der Waals surface area contributed by atoms with Crippen LogP contribution < -0.4 is 21.2 Å². The third-order valence-corrected chi connectivity index (χ3v) is 5.63. The van der Waals surface area contributed by atoms with Gasteiger partial charge in [0.05, 0.1) is 0 Å². The summed E-state index contributed by atoms with van der Waals surface area (Å²) in [5.74, 6) is 0.0330. The van der Waals surface area contributed by atoms with Crippen LogP contribution in [0.4, 0.5) is 0 Å². The molecule has 0 saturated carbocycles. The van der Waals surface area contributed by atoms with Gasteiger partial charge in [0.2, 0.25) is 0 Å². The maximum atomic E-state index is 11.0. The number of ether oxygens (including phenoxy) is 1. The van der Waals surface area contributed by atoms with Crippen molar-refractivity contribution in [1.82, 2.24) is 0 Å². The summed E-state index contributed by atoms with van der Waals surface area (Å²) in [4.78, 5) is 21.5. The number of alkyl halides is 2. The molecule has 2 atom stereocenters. The standard InChI is InChI=1S/C8H12IO3/c1-5(10)8-3-7(4-9-8)12-6(2)11/h7-8H,3-4H2,1-2H3/q-1. The number of Topliss-reactive ketones (excluding diaryl/α,β-unsaturated/α-hetero) is 1. The predicted octanol–water partition coefficient (Wildman–Crippen LogP) is -2.63. The molecule has 3 nitrogen and oxygen atoms in total. The second-order valence-electron chi connectivity index (χ2n) is 2.85. The number of carbonyl (C=O) groups is 2. The summed E-state index contributed by atoms with van der Waals surface area (Å²) in [7, 11) is 0. The summed E-state index contributed by atoms with van der Waals surface area (Å²) in [5, 5.41) is 0. The van der Waals surface area contributed by atoms with Gasteiger partial charge >= 0.3 is 82.0 Å². The molecule has 0 aromatic heterocycles. The predicted molar refractivity (Wildman–Crippen MR) is 39.5 cm³/mol. The van der Waals surface area contributed by atoms with Crippen LogP contribution in [0.3, 0.4) is 0 Å². The fourth-order valence-electron chi connectivity index (χ4n) is 1.15. The first-order valence-electron chi connectivity index (χ1n) is 3.85. The summed E-state index contributed by atoms with van der Waals surface area (Å²) in [6.07, 6.45) is 0.798. The van der Waals surface area contributed by atoms with Crippen molar-refractivity contribution in [3.63, 3.8) is 0 Å². The van der Waals surface area contributed by atoms with Crippen LogP contribution in [-0.2, 0) is 14.3 Å². The first kappa shape index (κ1) is 9.95. The molecule has 1 fully saturated rings. The molecule has 0 aliphatic carbocycles. The summed E-state index contributed by atoms with van der Waals surface area (Å²) >= 11 is -0.0629. The summed E-state index contributed by atoms with van der Waals surface area (Å²) in [5.41, 5.74) is 0. The molecule has 1 rings (SSSR count). The van der Waals surface area contributed by atoms with Crippen molar-refractivity contribution < 1.29 is 35.5 Å². The minimum absolute atomic E-state index is 0.0317. The molecule has 0 aromatic rings. The van der Waals surface area contributed by atoms with Crippen molar-refractivity contribution in [2.24, 2.45) is 0 Å². The second kappa shape index (κ2) is 4.20. The number of rotatable bonds is 2. The Morgan fingerprint density at radius 1 is 1.42 bits per heavy atom. The van der Waals surface area contributed by atoms with Crippen LogP contribution in [0.15, 0.2) is 0 Å². The van der Waals surface area contributed by atoms with Crippen molar-refractivity contribution in [3.05, 3.63) is 0 Å². The zero-order chi connectivity index (χ0) is 9.14. The molecule has 0 amide bonds. The van der Waals surface area contributed by atoms with Crippen molar-refractivity contribution in [1.29, 1.82) is 0 Å². The van der Waals surface area contributed by atoms with E-state index in [0.717, 1.165) is 10.8 Å². The van der Waals surface area contributed by atoms with Crippen LogP contribution in [0.1, 0.15) is 20.3 Å². The van der Waals surface area contributed by atoms with Crippen molar-refractivity contribution in [2.75, 3.05) is 4.43 Å². The third kappa shape index (κ3) is 2.73. The molecule has 1 heterocycles. The Morgan fingerprint density at radius 2 is 2.08 bits per heavy atom. The van der Waals surface area contributed by atoms with Gasteiger partial charge in [-0.15, -0.1) is 0 Å². The maximum absolute atomic E-state index is 11.0. The van der Waals surface area contributed by atoms with Gasteiger partial charge in [0.25, 0.3) is 0 Å². The molecule has 0 spiro atoms. The number of esters is 1. The monoisotopic (exact) mass is 283 g/mol. The van der Waals surface area contributed by atoms with Gasteiger partial charge in [-0.1, -0.05) is 0 Å². The molecule has 70 valence electrons. The number of hydrogen-bond donors (Lipinski definition) is 0.